The number of nitrogens with zero attached hydrogens (tertiary/aromatic N) is 2. The topological polar surface area (TPSA) is 68.0 Å². The number of piperidine rings is 2. The van der Waals surface area contributed by atoms with Crippen LogP contribution < -0.4 is 15.4 Å². The molecule has 0 aromatic heterocycles. The molecule has 1 aromatic rings. The average Bonchev–Trinajstić information content (AvgIpc) is 2.62. The van der Waals surface area contributed by atoms with Gasteiger partial charge in [-0.05, 0) is 64.0 Å². The molecule has 1 spiro atoms. The Bertz CT molecular complexity index is 666. The summed E-state index contributed by atoms with van der Waals surface area (Å²) in [6.07, 6.45) is 4.25. The van der Waals surface area contributed by atoms with Crippen molar-refractivity contribution < 1.29 is 14.3 Å². The van der Waals surface area contributed by atoms with E-state index in [9.17, 15) is 4.79 Å². The molecule has 0 saturated carbocycles. The van der Waals surface area contributed by atoms with Crippen LogP contribution in [0.15, 0.2) is 18.2 Å². The summed E-state index contributed by atoms with van der Waals surface area (Å²) in [4.78, 5) is 16.6. The van der Waals surface area contributed by atoms with Gasteiger partial charge in [-0.25, -0.2) is 4.79 Å². The predicted octanol–water partition coefficient (Wildman–Crippen LogP) is 3.89. The molecule has 27 heavy (non-hydrogen) atoms. The van der Waals surface area contributed by atoms with Gasteiger partial charge in [-0.2, -0.15) is 0 Å². The van der Waals surface area contributed by atoms with Crippen molar-refractivity contribution >= 4 is 17.5 Å². The molecule has 1 amide bonds. The van der Waals surface area contributed by atoms with Gasteiger partial charge in [0, 0.05) is 37.9 Å². The highest BCUT2D eigenvalue weighted by Crippen LogP contribution is 2.42. The molecule has 150 valence electrons. The van der Waals surface area contributed by atoms with E-state index in [1.54, 1.807) is 7.11 Å². The molecule has 0 bridgehead atoms. The first-order valence-corrected chi connectivity index (χ1v) is 9.88. The van der Waals surface area contributed by atoms with E-state index < -0.39 is 5.60 Å². The molecule has 2 saturated heterocycles. The summed E-state index contributed by atoms with van der Waals surface area (Å²) in [6.45, 7) is 9.39. The number of rotatable bonds is 2. The minimum absolute atomic E-state index is 0.177. The fourth-order valence-corrected chi connectivity index (χ4v) is 4.13. The molecule has 3 rings (SSSR count). The van der Waals surface area contributed by atoms with Gasteiger partial charge in [0.05, 0.1) is 12.8 Å². The number of carbonyl (C=O) groups is 1. The van der Waals surface area contributed by atoms with Crippen LogP contribution in [-0.2, 0) is 4.74 Å². The quantitative estimate of drug-likeness (QED) is 0.794. The summed E-state index contributed by atoms with van der Waals surface area (Å²) in [5, 5.41) is 0. The predicted molar refractivity (Wildman–Crippen MR) is 108 cm³/mol. The Kier molecular flexibility index (Phi) is 5.45. The Hall–Kier alpha value is -2.11. The first-order chi connectivity index (χ1) is 12.7. The second kappa shape index (κ2) is 7.49. The maximum atomic E-state index is 12.3. The second-order valence-electron chi connectivity index (χ2n) is 8.88. The molecule has 0 radical (unpaired) electrons. The van der Waals surface area contributed by atoms with E-state index in [1.807, 2.05) is 37.8 Å². The van der Waals surface area contributed by atoms with Gasteiger partial charge in [-0.3, -0.25) is 0 Å². The van der Waals surface area contributed by atoms with E-state index in [2.05, 4.69) is 11.0 Å². The van der Waals surface area contributed by atoms with Crippen LogP contribution in [0.3, 0.4) is 0 Å². The van der Waals surface area contributed by atoms with Crippen LogP contribution in [0, 0.1) is 5.41 Å². The molecule has 1 aromatic carbocycles. The summed E-state index contributed by atoms with van der Waals surface area (Å²) in [5.74, 6) is 0.735. The molecule has 2 N–H and O–H groups in total. The number of hydrogen-bond donors (Lipinski definition) is 1. The fourth-order valence-electron chi connectivity index (χ4n) is 4.13. The molecule has 0 atom stereocenters. The summed E-state index contributed by atoms with van der Waals surface area (Å²) >= 11 is 0. The van der Waals surface area contributed by atoms with Crippen molar-refractivity contribution in [3.8, 4) is 5.75 Å². The van der Waals surface area contributed by atoms with Crippen LogP contribution in [0.1, 0.15) is 46.5 Å². The Labute approximate surface area is 162 Å². The first-order valence-electron chi connectivity index (χ1n) is 9.88. The third kappa shape index (κ3) is 4.60. The van der Waals surface area contributed by atoms with Gasteiger partial charge in [0.15, 0.2) is 0 Å². The van der Waals surface area contributed by atoms with E-state index in [4.69, 9.17) is 15.2 Å². The zero-order valence-corrected chi connectivity index (χ0v) is 17.1. The maximum Gasteiger partial charge on any atom is 0.410 e. The molecule has 6 nitrogen and oxygen atoms in total. The van der Waals surface area contributed by atoms with Gasteiger partial charge >= 0.3 is 6.09 Å². The Balaban J connectivity index is 1.54. The molecule has 2 aliphatic rings. The molecule has 6 heteroatoms. The third-order valence-corrected chi connectivity index (χ3v) is 5.88. The minimum Gasteiger partial charge on any atom is -0.495 e. The van der Waals surface area contributed by atoms with Crippen molar-refractivity contribution in [1.29, 1.82) is 0 Å². The minimum atomic E-state index is -0.433. The smallest absolute Gasteiger partial charge is 0.410 e. The number of ether oxygens (including phenoxy) is 2. The molecular formula is C21H33N3O3. The summed E-state index contributed by atoms with van der Waals surface area (Å²) in [5.41, 5.74) is 7.69. The van der Waals surface area contributed by atoms with Crippen LogP contribution in [0.2, 0.25) is 0 Å². The molecule has 2 aliphatic heterocycles. The summed E-state index contributed by atoms with van der Waals surface area (Å²) in [7, 11) is 1.65. The third-order valence-electron chi connectivity index (χ3n) is 5.88. The number of likely N-dealkylation sites (tertiary alicyclic amines) is 1. The van der Waals surface area contributed by atoms with Crippen LogP contribution >= 0.6 is 0 Å². The van der Waals surface area contributed by atoms with E-state index in [0.717, 1.165) is 57.6 Å². The van der Waals surface area contributed by atoms with Crippen molar-refractivity contribution in [3.05, 3.63) is 18.2 Å². The van der Waals surface area contributed by atoms with Gasteiger partial charge in [0.2, 0.25) is 0 Å². The van der Waals surface area contributed by atoms with Crippen LogP contribution in [0.5, 0.6) is 5.75 Å². The van der Waals surface area contributed by atoms with Gasteiger partial charge < -0.3 is 25.0 Å². The molecule has 0 aliphatic carbocycles. The lowest BCUT2D eigenvalue weighted by Crippen LogP contribution is -2.49. The van der Waals surface area contributed by atoms with E-state index in [-0.39, 0.29) is 6.09 Å². The number of hydrogen-bond acceptors (Lipinski definition) is 5. The molecule has 2 heterocycles. The number of benzene rings is 1. The number of methoxy groups -OCH3 is 1. The monoisotopic (exact) mass is 375 g/mol. The van der Waals surface area contributed by atoms with Crippen molar-refractivity contribution in [2.24, 2.45) is 5.41 Å². The molecule has 2 fully saturated rings. The van der Waals surface area contributed by atoms with Crippen molar-refractivity contribution in [1.82, 2.24) is 4.90 Å². The molecular weight excluding hydrogens is 342 g/mol. The van der Waals surface area contributed by atoms with Crippen LogP contribution in [0.25, 0.3) is 0 Å². The zero-order valence-electron chi connectivity index (χ0n) is 17.1. The standard InChI is InChI=1S/C21H33N3O3/c1-20(2,3)27-19(25)24-13-9-21(10-14-24)7-11-23(12-8-21)16-5-6-17(22)18(15-16)26-4/h5-6,15H,7-14,22H2,1-4H3. The van der Waals surface area contributed by atoms with Crippen LogP contribution in [-0.4, -0.2) is 49.9 Å². The highest BCUT2D eigenvalue weighted by Gasteiger charge is 2.39. The molecule has 0 unspecified atom stereocenters. The Morgan fingerprint density at radius 2 is 1.67 bits per heavy atom. The summed E-state index contributed by atoms with van der Waals surface area (Å²) in [6, 6.07) is 6.01. The zero-order chi connectivity index (χ0) is 19.7. The Morgan fingerprint density at radius 3 is 2.22 bits per heavy atom. The highest BCUT2D eigenvalue weighted by atomic mass is 16.6. The van der Waals surface area contributed by atoms with Gasteiger partial charge in [0.25, 0.3) is 0 Å². The number of carbonyl (C=O) groups excluding carboxylic acids is 1. The number of amides is 1. The van der Waals surface area contributed by atoms with Crippen molar-refractivity contribution in [3.63, 3.8) is 0 Å². The van der Waals surface area contributed by atoms with Crippen molar-refractivity contribution in [2.45, 2.75) is 52.1 Å². The van der Waals surface area contributed by atoms with Gasteiger partial charge in [0.1, 0.15) is 11.4 Å². The normalized spacial score (nSPS) is 19.9. The lowest BCUT2D eigenvalue weighted by Gasteiger charge is -2.47. The first kappa shape index (κ1) is 19.6. The van der Waals surface area contributed by atoms with E-state index in [0.29, 0.717) is 11.1 Å². The average molecular weight is 376 g/mol. The second-order valence-corrected chi connectivity index (χ2v) is 8.88. The van der Waals surface area contributed by atoms with E-state index in [1.165, 1.54) is 5.69 Å². The number of nitrogens with two attached hydrogens (primary N) is 1. The van der Waals surface area contributed by atoms with Gasteiger partial charge in [-0.15, -0.1) is 0 Å². The van der Waals surface area contributed by atoms with E-state index >= 15 is 0 Å². The maximum absolute atomic E-state index is 12.3. The van der Waals surface area contributed by atoms with Gasteiger partial charge in [-0.1, -0.05) is 0 Å². The fraction of sp³-hybridized carbons (Fsp3) is 0.667. The number of nitrogen functional groups attached to an aromatic ring is 1. The number of anilines is 2. The largest absolute Gasteiger partial charge is 0.495 e. The van der Waals surface area contributed by atoms with Crippen LogP contribution in [0.4, 0.5) is 16.2 Å². The summed E-state index contributed by atoms with van der Waals surface area (Å²) < 4.78 is 10.9. The SMILES string of the molecule is COc1cc(N2CCC3(CCN(C(=O)OC(C)(C)C)CC3)CC2)ccc1N. The highest BCUT2D eigenvalue weighted by molar-refractivity contribution is 5.68. The lowest BCUT2D eigenvalue weighted by atomic mass is 9.71. The Morgan fingerprint density at radius 1 is 1.07 bits per heavy atom. The lowest BCUT2D eigenvalue weighted by molar-refractivity contribution is 0.00666. The van der Waals surface area contributed by atoms with Crippen molar-refractivity contribution in [2.75, 3.05) is 43.9 Å².